The number of nitrogens with one attached hydrogen (secondary N) is 1. The van der Waals surface area contributed by atoms with Crippen LogP contribution in [0.25, 0.3) is 0 Å². The SMILES string of the molecule is Cc1ccc([C@H](C)NC(=O)COc2ccccc2)c(C)c1. The molecule has 1 atom stereocenters. The molecule has 1 N–H and O–H groups in total. The van der Waals surface area contributed by atoms with Crippen molar-refractivity contribution < 1.29 is 9.53 Å². The average Bonchev–Trinajstić information content (AvgIpc) is 2.46. The molecular weight excluding hydrogens is 262 g/mol. The molecule has 0 radical (unpaired) electrons. The van der Waals surface area contributed by atoms with E-state index in [1.165, 1.54) is 11.1 Å². The summed E-state index contributed by atoms with van der Waals surface area (Å²) in [6.07, 6.45) is 0. The molecule has 1 amide bonds. The molecule has 0 aliphatic rings. The fourth-order valence-electron chi connectivity index (χ4n) is 2.34. The highest BCUT2D eigenvalue weighted by atomic mass is 16.5. The summed E-state index contributed by atoms with van der Waals surface area (Å²) in [5.41, 5.74) is 3.54. The predicted molar refractivity (Wildman–Crippen MR) is 84.4 cm³/mol. The lowest BCUT2D eigenvalue weighted by Gasteiger charge is -2.17. The Morgan fingerprint density at radius 3 is 2.52 bits per heavy atom. The van der Waals surface area contributed by atoms with Crippen LogP contribution in [-0.2, 0) is 4.79 Å². The van der Waals surface area contributed by atoms with E-state index in [0.717, 1.165) is 5.56 Å². The molecule has 110 valence electrons. The van der Waals surface area contributed by atoms with Crippen LogP contribution in [0, 0.1) is 13.8 Å². The third-order valence-corrected chi connectivity index (χ3v) is 3.38. The van der Waals surface area contributed by atoms with E-state index in [0.29, 0.717) is 5.75 Å². The Bertz CT molecular complexity index is 608. The lowest BCUT2D eigenvalue weighted by atomic mass is 10.0. The molecule has 0 aliphatic carbocycles. The maximum Gasteiger partial charge on any atom is 0.258 e. The van der Waals surface area contributed by atoms with Gasteiger partial charge in [-0.25, -0.2) is 0 Å². The number of hydrogen-bond acceptors (Lipinski definition) is 2. The van der Waals surface area contributed by atoms with E-state index in [9.17, 15) is 4.79 Å². The third kappa shape index (κ3) is 4.35. The van der Waals surface area contributed by atoms with Crippen molar-refractivity contribution in [3.63, 3.8) is 0 Å². The molecular formula is C18H21NO2. The molecule has 0 heterocycles. The Morgan fingerprint density at radius 2 is 1.86 bits per heavy atom. The first-order valence-electron chi connectivity index (χ1n) is 7.10. The molecule has 0 spiro atoms. The van der Waals surface area contributed by atoms with E-state index in [-0.39, 0.29) is 18.6 Å². The Labute approximate surface area is 126 Å². The molecule has 3 heteroatoms. The third-order valence-electron chi connectivity index (χ3n) is 3.38. The fraction of sp³-hybridized carbons (Fsp3) is 0.278. The van der Waals surface area contributed by atoms with Crippen LogP contribution in [0.5, 0.6) is 5.75 Å². The largest absolute Gasteiger partial charge is 0.484 e. The van der Waals surface area contributed by atoms with Gasteiger partial charge in [-0.2, -0.15) is 0 Å². The molecule has 0 saturated carbocycles. The molecule has 0 aromatic heterocycles. The minimum Gasteiger partial charge on any atom is -0.484 e. The van der Waals surface area contributed by atoms with E-state index in [4.69, 9.17) is 4.74 Å². The highest BCUT2D eigenvalue weighted by molar-refractivity contribution is 5.78. The van der Waals surface area contributed by atoms with Crippen LogP contribution < -0.4 is 10.1 Å². The smallest absolute Gasteiger partial charge is 0.258 e. The van der Waals surface area contributed by atoms with Gasteiger partial charge in [-0.15, -0.1) is 0 Å². The Balaban J connectivity index is 1.90. The lowest BCUT2D eigenvalue weighted by molar-refractivity contribution is -0.123. The quantitative estimate of drug-likeness (QED) is 0.911. The van der Waals surface area contributed by atoms with Crippen molar-refractivity contribution >= 4 is 5.91 Å². The minimum absolute atomic E-state index is 0.0270. The predicted octanol–water partition coefficient (Wildman–Crippen LogP) is 3.56. The first kappa shape index (κ1) is 15.1. The van der Waals surface area contributed by atoms with Gasteiger partial charge >= 0.3 is 0 Å². The molecule has 0 bridgehead atoms. The van der Waals surface area contributed by atoms with E-state index >= 15 is 0 Å². The molecule has 0 fully saturated rings. The Kier molecular flexibility index (Phi) is 4.99. The van der Waals surface area contributed by atoms with Crippen molar-refractivity contribution in [3.05, 3.63) is 65.2 Å². The number of para-hydroxylation sites is 1. The normalized spacial score (nSPS) is 11.8. The van der Waals surface area contributed by atoms with E-state index in [2.05, 4.69) is 37.4 Å². The maximum atomic E-state index is 11.9. The average molecular weight is 283 g/mol. The van der Waals surface area contributed by atoms with Crippen LogP contribution in [0.1, 0.15) is 29.7 Å². The van der Waals surface area contributed by atoms with Gasteiger partial charge in [0, 0.05) is 0 Å². The van der Waals surface area contributed by atoms with Gasteiger partial charge in [0.2, 0.25) is 0 Å². The molecule has 0 unspecified atom stereocenters. The molecule has 2 aromatic rings. The highest BCUT2D eigenvalue weighted by Gasteiger charge is 2.12. The van der Waals surface area contributed by atoms with Crippen LogP contribution in [0.15, 0.2) is 48.5 Å². The number of rotatable bonds is 5. The molecule has 0 saturated heterocycles. The van der Waals surface area contributed by atoms with E-state index in [1.54, 1.807) is 0 Å². The van der Waals surface area contributed by atoms with Crippen molar-refractivity contribution in [2.75, 3.05) is 6.61 Å². The second-order valence-electron chi connectivity index (χ2n) is 5.25. The summed E-state index contributed by atoms with van der Waals surface area (Å²) in [6, 6.07) is 15.6. The van der Waals surface area contributed by atoms with Gasteiger partial charge in [0.1, 0.15) is 5.75 Å². The van der Waals surface area contributed by atoms with Crippen LogP contribution in [0.4, 0.5) is 0 Å². The van der Waals surface area contributed by atoms with Crippen molar-refractivity contribution in [3.8, 4) is 5.75 Å². The first-order chi connectivity index (χ1) is 10.1. The van der Waals surface area contributed by atoms with Crippen LogP contribution in [-0.4, -0.2) is 12.5 Å². The van der Waals surface area contributed by atoms with Crippen molar-refractivity contribution in [1.29, 1.82) is 0 Å². The summed E-state index contributed by atoms with van der Waals surface area (Å²) < 4.78 is 5.44. The van der Waals surface area contributed by atoms with Crippen molar-refractivity contribution in [1.82, 2.24) is 5.32 Å². The molecule has 3 nitrogen and oxygen atoms in total. The number of benzene rings is 2. The summed E-state index contributed by atoms with van der Waals surface area (Å²) in [6.45, 7) is 6.14. The van der Waals surface area contributed by atoms with Gasteiger partial charge in [-0.3, -0.25) is 4.79 Å². The summed E-state index contributed by atoms with van der Waals surface area (Å²) in [5.74, 6) is 0.582. The van der Waals surface area contributed by atoms with Gasteiger partial charge in [-0.05, 0) is 44.0 Å². The highest BCUT2D eigenvalue weighted by Crippen LogP contribution is 2.18. The van der Waals surface area contributed by atoms with Crippen LogP contribution >= 0.6 is 0 Å². The van der Waals surface area contributed by atoms with E-state index < -0.39 is 0 Å². The number of aryl methyl sites for hydroxylation is 2. The summed E-state index contributed by atoms with van der Waals surface area (Å²) in [5, 5.41) is 2.96. The van der Waals surface area contributed by atoms with E-state index in [1.807, 2.05) is 37.3 Å². The van der Waals surface area contributed by atoms with Crippen LogP contribution in [0.3, 0.4) is 0 Å². The zero-order chi connectivity index (χ0) is 15.2. The molecule has 21 heavy (non-hydrogen) atoms. The summed E-state index contributed by atoms with van der Waals surface area (Å²) in [7, 11) is 0. The zero-order valence-electron chi connectivity index (χ0n) is 12.7. The van der Waals surface area contributed by atoms with Crippen molar-refractivity contribution in [2.24, 2.45) is 0 Å². The minimum atomic E-state index is -0.119. The zero-order valence-corrected chi connectivity index (χ0v) is 12.7. The molecule has 0 aliphatic heterocycles. The topological polar surface area (TPSA) is 38.3 Å². The van der Waals surface area contributed by atoms with Gasteiger partial charge < -0.3 is 10.1 Å². The van der Waals surface area contributed by atoms with Gasteiger partial charge in [0.05, 0.1) is 6.04 Å². The Morgan fingerprint density at radius 1 is 1.14 bits per heavy atom. The van der Waals surface area contributed by atoms with Gasteiger partial charge in [0.25, 0.3) is 5.91 Å². The maximum absolute atomic E-state index is 11.9. The van der Waals surface area contributed by atoms with Crippen molar-refractivity contribution in [2.45, 2.75) is 26.8 Å². The van der Waals surface area contributed by atoms with Gasteiger partial charge in [-0.1, -0.05) is 42.0 Å². The number of ether oxygens (including phenoxy) is 1. The standard InChI is InChI=1S/C18H21NO2/c1-13-9-10-17(14(2)11-13)15(3)19-18(20)12-21-16-7-5-4-6-8-16/h4-11,15H,12H2,1-3H3,(H,19,20)/t15-/m0/s1. The van der Waals surface area contributed by atoms with Gasteiger partial charge in [0.15, 0.2) is 6.61 Å². The first-order valence-corrected chi connectivity index (χ1v) is 7.10. The monoisotopic (exact) mass is 283 g/mol. The number of carbonyl (C=O) groups is 1. The second-order valence-corrected chi connectivity index (χ2v) is 5.25. The number of amides is 1. The molecule has 2 aromatic carbocycles. The molecule has 2 rings (SSSR count). The fourth-order valence-corrected chi connectivity index (χ4v) is 2.34. The van der Waals surface area contributed by atoms with Crippen LogP contribution in [0.2, 0.25) is 0 Å². The Hall–Kier alpha value is -2.29. The lowest BCUT2D eigenvalue weighted by Crippen LogP contribution is -2.31. The number of carbonyl (C=O) groups excluding carboxylic acids is 1. The number of hydrogen-bond donors (Lipinski definition) is 1. The summed E-state index contributed by atoms with van der Waals surface area (Å²) in [4.78, 5) is 11.9. The second kappa shape index (κ2) is 6.93. The summed E-state index contributed by atoms with van der Waals surface area (Å²) >= 11 is 0.